The summed E-state index contributed by atoms with van der Waals surface area (Å²) in [4.78, 5) is 17.0. The zero-order valence-electron chi connectivity index (χ0n) is 14.2. The van der Waals surface area contributed by atoms with Crippen molar-refractivity contribution in [2.45, 2.75) is 33.2 Å². The fourth-order valence-corrected chi connectivity index (χ4v) is 3.05. The van der Waals surface area contributed by atoms with Crippen molar-refractivity contribution >= 4 is 28.7 Å². The number of nitrogen functional groups attached to an aromatic ring is 1. The van der Waals surface area contributed by atoms with E-state index in [2.05, 4.69) is 19.9 Å². The van der Waals surface area contributed by atoms with Crippen molar-refractivity contribution in [3.63, 3.8) is 0 Å². The number of hydrogen-bond acceptors (Lipinski definition) is 6. The SMILES string of the molecule is Cc1cnc(Cn2cnc3c(Cl)nc(N)nc32)c(C)c1OCC1CC1. The van der Waals surface area contributed by atoms with Gasteiger partial charge in [-0.1, -0.05) is 11.6 Å². The number of nitrogens with zero attached hydrogens (tertiary/aromatic N) is 5. The number of fused-ring (bicyclic) bond motifs is 1. The quantitative estimate of drug-likeness (QED) is 0.705. The fraction of sp³-hybridized carbons (Fsp3) is 0.412. The Hall–Kier alpha value is -2.41. The van der Waals surface area contributed by atoms with E-state index in [1.54, 1.807) is 6.33 Å². The lowest BCUT2D eigenvalue weighted by molar-refractivity contribution is 0.295. The van der Waals surface area contributed by atoms with E-state index in [-0.39, 0.29) is 11.1 Å². The van der Waals surface area contributed by atoms with Gasteiger partial charge >= 0.3 is 0 Å². The average molecular weight is 359 g/mol. The molecule has 3 heterocycles. The van der Waals surface area contributed by atoms with Gasteiger partial charge in [-0.3, -0.25) is 4.98 Å². The van der Waals surface area contributed by atoms with Crippen LogP contribution in [0, 0.1) is 19.8 Å². The molecule has 0 unspecified atom stereocenters. The van der Waals surface area contributed by atoms with E-state index in [1.807, 2.05) is 24.6 Å². The highest BCUT2D eigenvalue weighted by Crippen LogP contribution is 2.32. The van der Waals surface area contributed by atoms with Gasteiger partial charge in [0.25, 0.3) is 0 Å². The fourth-order valence-electron chi connectivity index (χ4n) is 2.83. The molecule has 1 saturated carbocycles. The van der Waals surface area contributed by atoms with Crippen molar-refractivity contribution in [1.29, 1.82) is 0 Å². The first-order chi connectivity index (χ1) is 12.0. The number of hydrogen-bond donors (Lipinski definition) is 1. The molecule has 1 aliphatic rings. The minimum atomic E-state index is 0.126. The van der Waals surface area contributed by atoms with Gasteiger partial charge in [-0.25, -0.2) is 4.98 Å². The van der Waals surface area contributed by atoms with Crippen LogP contribution >= 0.6 is 11.6 Å². The van der Waals surface area contributed by atoms with E-state index in [9.17, 15) is 0 Å². The molecule has 0 aliphatic heterocycles. The zero-order chi connectivity index (χ0) is 17.6. The van der Waals surface area contributed by atoms with Gasteiger partial charge in [0.05, 0.1) is 25.2 Å². The molecule has 0 amide bonds. The maximum atomic E-state index is 6.09. The van der Waals surface area contributed by atoms with Gasteiger partial charge in [-0.05, 0) is 32.6 Å². The van der Waals surface area contributed by atoms with Crippen molar-refractivity contribution in [3.8, 4) is 5.75 Å². The largest absolute Gasteiger partial charge is 0.493 e. The topological polar surface area (TPSA) is 91.7 Å². The van der Waals surface area contributed by atoms with E-state index in [1.165, 1.54) is 12.8 Å². The number of nitrogens with two attached hydrogens (primary N) is 1. The van der Waals surface area contributed by atoms with Crippen LogP contribution < -0.4 is 10.5 Å². The molecular formula is C17H19ClN6O. The van der Waals surface area contributed by atoms with Crippen LogP contribution in [0.2, 0.25) is 5.15 Å². The maximum Gasteiger partial charge on any atom is 0.223 e. The number of aryl methyl sites for hydroxylation is 1. The number of rotatable bonds is 5. The minimum Gasteiger partial charge on any atom is -0.493 e. The Morgan fingerprint density at radius 1 is 1.28 bits per heavy atom. The van der Waals surface area contributed by atoms with Gasteiger partial charge in [-0.15, -0.1) is 0 Å². The second kappa shape index (κ2) is 6.15. The molecule has 1 fully saturated rings. The summed E-state index contributed by atoms with van der Waals surface area (Å²) in [6.07, 6.45) is 6.05. The molecule has 1 aliphatic carbocycles. The monoisotopic (exact) mass is 358 g/mol. The van der Waals surface area contributed by atoms with E-state index in [0.29, 0.717) is 23.6 Å². The van der Waals surface area contributed by atoms with Crippen LogP contribution in [0.3, 0.4) is 0 Å². The van der Waals surface area contributed by atoms with Crippen LogP contribution in [0.15, 0.2) is 12.5 Å². The van der Waals surface area contributed by atoms with Crippen molar-refractivity contribution < 1.29 is 4.74 Å². The summed E-state index contributed by atoms with van der Waals surface area (Å²) < 4.78 is 7.92. The van der Waals surface area contributed by atoms with Crippen molar-refractivity contribution in [1.82, 2.24) is 24.5 Å². The molecular weight excluding hydrogens is 340 g/mol. The Morgan fingerprint density at radius 2 is 2.08 bits per heavy atom. The lowest BCUT2D eigenvalue weighted by atomic mass is 10.1. The van der Waals surface area contributed by atoms with Crippen LogP contribution in [0.25, 0.3) is 11.2 Å². The molecule has 130 valence electrons. The highest BCUT2D eigenvalue weighted by atomic mass is 35.5. The van der Waals surface area contributed by atoms with E-state index in [4.69, 9.17) is 22.1 Å². The molecule has 0 saturated heterocycles. The van der Waals surface area contributed by atoms with Crippen molar-refractivity contribution in [3.05, 3.63) is 34.5 Å². The van der Waals surface area contributed by atoms with Gasteiger partial charge in [-0.2, -0.15) is 9.97 Å². The summed E-state index contributed by atoms with van der Waals surface area (Å²) in [5.74, 6) is 1.75. The molecule has 0 aromatic carbocycles. The lowest BCUT2D eigenvalue weighted by Gasteiger charge is -2.15. The van der Waals surface area contributed by atoms with Crippen LogP contribution in [0.4, 0.5) is 5.95 Å². The van der Waals surface area contributed by atoms with Gasteiger partial charge in [0.1, 0.15) is 11.3 Å². The van der Waals surface area contributed by atoms with Crippen LogP contribution in [0.5, 0.6) is 5.75 Å². The molecule has 7 nitrogen and oxygen atoms in total. The number of pyridine rings is 1. The predicted octanol–water partition coefficient (Wildman–Crippen LogP) is 2.91. The van der Waals surface area contributed by atoms with E-state index < -0.39 is 0 Å². The molecule has 4 rings (SSSR count). The smallest absolute Gasteiger partial charge is 0.223 e. The molecule has 8 heteroatoms. The third-order valence-electron chi connectivity index (χ3n) is 4.46. The molecule has 0 atom stereocenters. The van der Waals surface area contributed by atoms with Crippen LogP contribution in [-0.4, -0.2) is 31.1 Å². The van der Waals surface area contributed by atoms with Gasteiger partial charge in [0.15, 0.2) is 10.8 Å². The van der Waals surface area contributed by atoms with Crippen molar-refractivity contribution in [2.24, 2.45) is 5.92 Å². The highest BCUT2D eigenvalue weighted by molar-refractivity contribution is 6.33. The zero-order valence-corrected chi connectivity index (χ0v) is 14.9. The van der Waals surface area contributed by atoms with Crippen LogP contribution in [-0.2, 0) is 6.54 Å². The summed E-state index contributed by atoms with van der Waals surface area (Å²) in [5.41, 5.74) is 9.83. The molecule has 25 heavy (non-hydrogen) atoms. The number of halogens is 1. The number of aromatic nitrogens is 5. The first-order valence-corrected chi connectivity index (χ1v) is 8.62. The third-order valence-corrected chi connectivity index (χ3v) is 4.73. The van der Waals surface area contributed by atoms with Gasteiger partial charge in [0.2, 0.25) is 5.95 Å². The summed E-state index contributed by atoms with van der Waals surface area (Å²) in [6, 6.07) is 0. The van der Waals surface area contributed by atoms with Gasteiger partial charge < -0.3 is 15.0 Å². The Labute approximate surface area is 150 Å². The first-order valence-electron chi connectivity index (χ1n) is 8.24. The molecule has 3 aromatic heterocycles. The Balaban J connectivity index is 1.67. The Kier molecular flexibility index (Phi) is 3.95. The normalized spacial score (nSPS) is 14.2. The molecule has 2 N–H and O–H groups in total. The summed E-state index contributed by atoms with van der Waals surface area (Å²) in [5, 5.41) is 0.253. The summed E-state index contributed by atoms with van der Waals surface area (Å²) >= 11 is 6.09. The molecule has 0 bridgehead atoms. The number of ether oxygens (including phenoxy) is 1. The maximum absolute atomic E-state index is 6.09. The third kappa shape index (κ3) is 3.11. The first kappa shape index (κ1) is 16.1. The highest BCUT2D eigenvalue weighted by Gasteiger charge is 2.23. The molecule has 0 spiro atoms. The second-order valence-electron chi connectivity index (χ2n) is 6.51. The van der Waals surface area contributed by atoms with E-state index >= 15 is 0 Å². The Morgan fingerprint density at radius 3 is 2.84 bits per heavy atom. The number of imidazole rings is 1. The second-order valence-corrected chi connectivity index (χ2v) is 6.87. The average Bonchev–Trinajstić information content (AvgIpc) is 3.31. The standard InChI is InChI=1S/C17H19ClN6O/c1-9-5-20-12(10(2)14(9)25-7-11-3-4-11)6-24-8-21-13-15(18)22-17(19)23-16(13)24/h5,8,11H,3-4,6-7H2,1-2H3,(H2,19,22,23). The predicted molar refractivity (Wildman–Crippen MR) is 95.8 cm³/mol. The minimum absolute atomic E-state index is 0.126. The summed E-state index contributed by atoms with van der Waals surface area (Å²) in [7, 11) is 0. The molecule has 3 aromatic rings. The summed E-state index contributed by atoms with van der Waals surface area (Å²) in [6.45, 7) is 5.34. The lowest BCUT2D eigenvalue weighted by Crippen LogP contribution is -2.09. The Bertz CT molecular complexity index is 950. The molecule has 0 radical (unpaired) electrons. The van der Waals surface area contributed by atoms with Crippen molar-refractivity contribution in [2.75, 3.05) is 12.3 Å². The van der Waals surface area contributed by atoms with E-state index in [0.717, 1.165) is 29.2 Å². The number of anilines is 1. The van der Waals surface area contributed by atoms with Crippen LogP contribution in [0.1, 0.15) is 29.7 Å². The van der Waals surface area contributed by atoms with Gasteiger partial charge in [0, 0.05) is 17.3 Å².